The van der Waals surface area contributed by atoms with Crippen LogP contribution in [0.5, 0.6) is 0 Å². The second kappa shape index (κ2) is 5.97. The zero-order chi connectivity index (χ0) is 17.9. The topological polar surface area (TPSA) is 46.4 Å². The van der Waals surface area contributed by atoms with Crippen molar-refractivity contribution in [2.24, 2.45) is 28.3 Å². The summed E-state index contributed by atoms with van der Waals surface area (Å²) in [5.74, 6) is 2.79. The van der Waals surface area contributed by atoms with Gasteiger partial charge in [-0.3, -0.25) is 4.79 Å². The minimum Gasteiger partial charge on any atom is -0.345 e. The normalized spacial score (nSPS) is 35.4. The zero-order valence-electron chi connectivity index (χ0n) is 16.1. The highest BCUT2D eigenvalue weighted by molar-refractivity contribution is 5.84. The number of rotatable bonds is 5. The molecule has 4 nitrogen and oxygen atoms in total. The third-order valence-corrected chi connectivity index (χ3v) is 7.53. The van der Waals surface area contributed by atoms with Gasteiger partial charge in [0.15, 0.2) is 0 Å². The van der Waals surface area contributed by atoms with E-state index in [1.54, 1.807) is 0 Å². The quantitative estimate of drug-likeness (QED) is 0.615. The standard InChI is InChI=1S/C22H31N3O/c1-14-5-19(15(2)25(14)20-3-4-20)13-23-24-21(26)12-22-9-16-6-17(10-22)8-18(7-16)11-22/h5,13,16-18,20H,3-4,6-12H2,1-2H3,(H,24,26)/b23-13+. The molecule has 6 rings (SSSR count). The first-order valence-corrected chi connectivity index (χ1v) is 10.5. The molecular weight excluding hydrogens is 322 g/mol. The third kappa shape index (κ3) is 2.91. The fourth-order valence-corrected chi connectivity index (χ4v) is 6.89. The van der Waals surface area contributed by atoms with Crippen molar-refractivity contribution in [1.29, 1.82) is 0 Å². The average Bonchev–Trinajstić information content (AvgIpc) is 3.32. The van der Waals surface area contributed by atoms with Crippen LogP contribution in [0.2, 0.25) is 0 Å². The summed E-state index contributed by atoms with van der Waals surface area (Å²) in [5.41, 5.74) is 6.81. The smallest absolute Gasteiger partial charge is 0.240 e. The van der Waals surface area contributed by atoms with Crippen molar-refractivity contribution < 1.29 is 4.79 Å². The van der Waals surface area contributed by atoms with Gasteiger partial charge in [0.25, 0.3) is 0 Å². The number of hydrogen-bond donors (Lipinski definition) is 1. The lowest BCUT2D eigenvalue weighted by atomic mass is 9.49. The van der Waals surface area contributed by atoms with Crippen LogP contribution in [-0.2, 0) is 4.79 Å². The highest BCUT2D eigenvalue weighted by Crippen LogP contribution is 2.61. The van der Waals surface area contributed by atoms with E-state index in [1.165, 1.54) is 62.8 Å². The van der Waals surface area contributed by atoms with Crippen molar-refractivity contribution in [2.75, 3.05) is 0 Å². The van der Waals surface area contributed by atoms with Gasteiger partial charge in [0.1, 0.15) is 0 Å². The fourth-order valence-electron chi connectivity index (χ4n) is 6.89. The van der Waals surface area contributed by atoms with E-state index in [9.17, 15) is 4.79 Å². The van der Waals surface area contributed by atoms with Gasteiger partial charge in [-0.2, -0.15) is 5.10 Å². The molecule has 1 N–H and O–H groups in total. The molecule has 0 unspecified atom stereocenters. The number of aryl methyl sites for hydroxylation is 1. The predicted octanol–water partition coefficient (Wildman–Crippen LogP) is 4.50. The summed E-state index contributed by atoms with van der Waals surface area (Å²) in [5, 5.41) is 4.30. The van der Waals surface area contributed by atoms with Crippen molar-refractivity contribution in [1.82, 2.24) is 9.99 Å². The Kier molecular flexibility index (Phi) is 3.81. The number of carbonyl (C=O) groups excluding carboxylic acids is 1. The van der Waals surface area contributed by atoms with Gasteiger partial charge in [-0.15, -0.1) is 0 Å². The molecule has 4 heteroatoms. The molecule has 0 atom stereocenters. The first kappa shape index (κ1) is 16.6. The number of hydrazone groups is 1. The Labute approximate surface area is 156 Å². The van der Waals surface area contributed by atoms with Crippen molar-refractivity contribution in [2.45, 2.75) is 77.7 Å². The van der Waals surface area contributed by atoms with Crippen molar-refractivity contribution in [3.05, 3.63) is 23.0 Å². The van der Waals surface area contributed by atoms with E-state index in [2.05, 4.69) is 35.0 Å². The summed E-state index contributed by atoms with van der Waals surface area (Å²) in [6.07, 6.45) is 13.2. The number of carbonyl (C=O) groups is 1. The number of nitrogens with zero attached hydrogens (tertiary/aromatic N) is 2. The van der Waals surface area contributed by atoms with Crippen LogP contribution in [0.3, 0.4) is 0 Å². The second-order valence-corrected chi connectivity index (χ2v) is 9.82. The number of aromatic nitrogens is 1. The van der Waals surface area contributed by atoms with Gasteiger partial charge >= 0.3 is 0 Å². The molecule has 0 aromatic carbocycles. The molecule has 0 aliphatic heterocycles. The predicted molar refractivity (Wildman–Crippen MR) is 103 cm³/mol. The summed E-state index contributed by atoms with van der Waals surface area (Å²) in [6, 6.07) is 2.87. The van der Waals surface area contributed by atoms with E-state index >= 15 is 0 Å². The Morgan fingerprint density at radius 3 is 2.38 bits per heavy atom. The van der Waals surface area contributed by atoms with Crippen LogP contribution in [0.4, 0.5) is 0 Å². The van der Waals surface area contributed by atoms with E-state index < -0.39 is 0 Å². The largest absolute Gasteiger partial charge is 0.345 e. The van der Waals surface area contributed by atoms with Crippen LogP contribution >= 0.6 is 0 Å². The molecule has 4 bridgehead atoms. The summed E-state index contributed by atoms with van der Waals surface area (Å²) < 4.78 is 2.42. The van der Waals surface area contributed by atoms with Crippen LogP contribution in [0, 0.1) is 37.0 Å². The molecule has 5 aliphatic rings. The maximum absolute atomic E-state index is 12.6. The Hall–Kier alpha value is -1.58. The monoisotopic (exact) mass is 353 g/mol. The Bertz CT molecular complexity index is 720. The van der Waals surface area contributed by atoms with E-state index in [0.717, 1.165) is 23.3 Å². The molecular formula is C22H31N3O. The van der Waals surface area contributed by atoms with E-state index in [0.29, 0.717) is 12.5 Å². The SMILES string of the molecule is Cc1cc(/C=N/NC(=O)CC23CC4CC(CC(C4)C2)C3)c(C)n1C1CC1. The van der Waals surface area contributed by atoms with Gasteiger partial charge in [-0.05, 0) is 94.4 Å². The molecule has 1 amide bonds. The molecule has 1 aromatic rings. The van der Waals surface area contributed by atoms with Gasteiger partial charge in [-0.25, -0.2) is 5.43 Å². The van der Waals surface area contributed by atoms with Crippen LogP contribution in [0.1, 0.15) is 80.8 Å². The van der Waals surface area contributed by atoms with Crippen molar-refractivity contribution >= 4 is 12.1 Å². The average molecular weight is 354 g/mol. The van der Waals surface area contributed by atoms with Crippen LogP contribution in [-0.4, -0.2) is 16.7 Å². The molecule has 1 aromatic heterocycles. The first-order valence-electron chi connectivity index (χ1n) is 10.5. The molecule has 1 heterocycles. The van der Waals surface area contributed by atoms with E-state index in [-0.39, 0.29) is 11.3 Å². The van der Waals surface area contributed by atoms with Gasteiger partial charge in [0, 0.05) is 29.4 Å². The summed E-state index contributed by atoms with van der Waals surface area (Å²) >= 11 is 0. The lowest BCUT2D eigenvalue weighted by Crippen LogP contribution is -2.47. The highest BCUT2D eigenvalue weighted by atomic mass is 16.2. The Balaban J connectivity index is 1.22. The molecule has 0 spiro atoms. The molecule has 5 fully saturated rings. The van der Waals surface area contributed by atoms with Gasteiger partial charge < -0.3 is 4.57 Å². The Morgan fingerprint density at radius 2 is 1.81 bits per heavy atom. The second-order valence-electron chi connectivity index (χ2n) is 9.82. The van der Waals surface area contributed by atoms with Crippen LogP contribution in [0.25, 0.3) is 0 Å². The maximum atomic E-state index is 12.6. The molecule has 5 aliphatic carbocycles. The fraction of sp³-hybridized carbons (Fsp3) is 0.727. The van der Waals surface area contributed by atoms with Crippen LogP contribution in [0.15, 0.2) is 11.2 Å². The minimum absolute atomic E-state index is 0.110. The third-order valence-electron chi connectivity index (χ3n) is 7.53. The summed E-state index contributed by atoms with van der Waals surface area (Å²) in [4.78, 5) is 12.6. The number of amides is 1. The molecule has 5 saturated carbocycles. The summed E-state index contributed by atoms with van der Waals surface area (Å²) in [7, 11) is 0. The van der Waals surface area contributed by atoms with E-state index in [4.69, 9.17) is 0 Å². The van der Waals surface area contributed by atoms with E-state index in [1.807, 2.05) is 6.21 Å². The summed E-state index contributed by atoms with van der Waals surface area (Å²) in [6.45, 7) is 4.32. The molecule has 26 heavy (non-hydrogen) atoms. The molecule has 0 radical (unpaired) electrons. The van der Waals surface area contributed by atoms with Crippen LogP contribution < -0.4 is 5.43 Å². The number of nitrogens with one attached hydrogen (secondary N) is 1. The van der Waals surface area contributed by atoms with Gasteiger partial charge in [0.2, 0.25) is 5.91 Å². The highest BCUT2D eigenvalue weighted by Gasteiger charge is 2.51. The lowest BCUT2D eigenvalue weighted by Gasteiger charge is -2.56. The molecule has 140 valence electrons. The zero-order valence-corrected chi connectivity index (χ0v) is 16.1. The van der Waals surface area contributed by atoms with Gasteiger partial charge in [0.05, 0.1) is 6.21 Å². The lowest BCUT2D eigenvalue weighted by molar-refractivity contribution is -0.129. The van der Waals surface area contributed by atoms with Gasteiger partial charge in [-0.1, -0.05) is 0 Å². The van der Waals surface area contributed by atoms with Crippen molar-refractivity contribution in [3.63, 3.8) is 0 Å². The molecule has 0 saturated heterocycles. The number of hydrogen-bond acceptors (Lipinski definition) is 2. The maximum Gasteiger partial charge on any atom is 0.240 e. The van der Waals surface area contributed by atoms with Crippen molar-refractivity contribution in [3.8, 4) is 0 Å². The first-order chi connectivity index (χ1) is 12.5. The Morgan fingerprint density at radius 1 is 1.19 bits per heavy atom. The minimum atomic E-state index is 0.110.